The molecule has 3 aromatic carbocycles. The van der Waals surface area contributed by atoms with E-state index in [2.05, 4.69) is 18.0 Å². The fourth-order valence-electron chi connectivity index (χ4n) is 9.04. The molecule has 6 rings (SSSR count). The zero-order valence-electron chi connectivity index (χ0n) is 36.6. The SMILES string of the molecule is C=CCO[C@@]12Oc3ccc(OC(=O)NCc4ccccc4)cc3[C@H]3[C@H](CCCCO)[C@@H](CCCCO)C=C(C(=NOC(C)(C)C)C[C@@H]1N(C)C(=O)C=Cc1ccc([N+](=O)[O-])cc1)[C@H]32. The van der Waals surface area contributed by atoms with Crippen LogP contribution in [0.15, 0.2) is 108 Å². The summed E-state index contributed by atoms with van der Waals surface area (Å²) in [4.78, 5) is 46.1. The number of carbonyl (C=O) groups is 2. The number of nitrogens with zero attached hydrogens (tertiary/aromatic N) is 3. The van der Waals surface area contributed by atoms with Crippen LogP contribution in [0.2, 0.25) is 0 Å². The van der Waals surface area contributed by atoms with Crippen molar-refractivity contribution < 1.29 is 43.8 Å². The van der Waals surface area contributed by atoms with Crippen molar-refractivity contribution in [2.75, 3.05) is 26.9 Å². The molecule has 1 heterocycles. The summed E-state index contributed by atoms with van der Waals surface area (Å²) in [7, 11) is 1.70. The number of non-ortho nitro benzene ring substituents is 1. The molecule has 2 aliphatic carbocycles. The first kappa shape index (κ1) is 46.7. The summed E-state index contributed by atoms with van der Waals surface area (Å²) < 4.78 is 20.0. The number of nitro benzene ring substituents is 1. The van der Waals surface area contributed by atoms with E-state index in [-0.39, 0.29) is 62.1 Å². The number of fused-ring (bicyclic) bond motifs is 2. The summed E-state index contributed by atoms with van der Waals surface area (Å²) in [5.74, 6) is -1.92. The molecule has 14 nitrogen and oxygen atoms in total. The summed E-state index contributed by atoms with van der Waals surface area (Å²) in [6.07, 6.45) is 10.8. The van der Waals surface area contributed by atoms with Crippen molar-refractivity contribution in [1.29, 1.82) is 0 Å². The minimum atomic E-state index is -1.48. The molecular formula is C49H60N4O10. The molecule has 2 amide bonds. The molecule has 0 aromatic heterocycles. The minimum Gasteiger partial charge on any atom is -0.459 e. The maximum Gasteiger partial charge on any atom is 0.412 e. The molecule has 0 spiro atoms. The van der Waals surface area contributed by atoms with E-state index >= 15 is 0 Å². The zero-order valence-corrected chi connectivity index (χ0v) is 36.6. The Hall–Kier alpha value is -5.83. The van der Waals surface area contributed by atoms with Gasteiger partial charge in [-0.2, -0.15) is 0 Å². The van der Waals surface area contributed by atoms with Gasteiger partial charge in [0.25, 0.3) is 5.69 Å². The number of hydrogen-bond acceptors (Lipinski definition) is 11. The summed E-state index contributed by atoms with van der Waals surface area (Å²) in [5.41, 5.74) is 3.15. The highest BCUT2D eigenvalue weighted by Crippen LogP contribution is 2.62. The van der Waals surface area contributed by atoms with Crippen molar-refractivity contribution in [1.82, 2.24) is 10.2 Å². The lowest BCUT2D eigenvalue weighted by Gasteiger charge is -2.59. The van der Waals surface area contributed by atoms with Gasteiger partial charge in [-0.3, -0.25) is 14.9 Å². The van der Waals surface area contributed by atoms with Gasteiger partial charge in [-0.15, -0.1) is 6.58 Å². The average Bonchev–Trinajstić information content (AvgIpc) is 3.27. The van der Waals surface area contributed by atoms with Gasteiger partial charge in [0, 0.05) is 62.9 Å². The van der Waals surface area contributed by atoms with E-state index in [1.54, 1.807) is 48.4 Å². The quantitative estimate of drug-likeness (QED) is 0.0348. The Labute approximate surface area is 369 Å². The summed E-state index contributed by atoms with van der Waals surface area (Å²) >= 11 is 0. The molecule has 3 aliphatic rings. The van der Waals surface area contributed by atoms with Gasteiger partial charge < -0.3 is 39.5 Å². The third kappa shape index (κ3) is 11.2. The maximum absolute atomic E-state index is 14.3. The first-order valence-corrected chi connectivity index (χ1v) is 21.7. The molecule has 1 fully saturated rings. The summed E-state index contributed by atoms with van der Waals surface area (Å²) in [6.45, 7) is 10.2. The number of likely N-dealkylation sites (N-methyl/N-ethyl adjacent to an activating group) is 1. The number of allylic oxidation sites excluding steroid dienone is 1. The largest absolute Gasteiger partial charge is 0.459 e. The maximum atomic E-state index is 14.3. The lowest BCUT2D eigenvalue weighted by Crippen LogP contribution is -2.69. The van der Waals surface area contributed by atoms with Crippen LogP contribution in [0.25, 0.3) is 6.08 Å². The number of oxime groups is 1. The lowest BCUT2D eigenvalue weighted by molar-refractivity contribution is -0.384. The highest BCUT2D eigenvalue weighted by Gasteiger charge is 2.65. The molecule has 3 N–H and O–H groups in total. The topological polar surface area (TPSA) is 182 Å². The van der Waals surface area contributed by atoms with Crippen LogP contribution < -0.4 is 14.8 Å². The molecule has 6 atom stereocenters. The predicted molar refractivity (Wildman–Crippen MR) is 240 cm³/mol. The fraction of sp³-hybridized carbons (Fsp3) is 0.449. The van der Waals surface area contributed by atoms with E-state index in [0.29, 0.717) is 35.6 Å². The van der Waals surface area contributed by atoms with Crippen molar-refractivity contribution in [2.45, 2.75) is 95.6 Å². The molecule has 0 unspecified atom stereocenters. The number of aliphatic hydroxyl groups is 2. The molecule has 0 bridgehead atoms. The van der Waals surface area contributed by atoms with Gasteiger partial charge >= 0.3 is 6.09 Å². The molecule has 0 radical (unpaired) electrons. The van der Waals surface area contributed by atoms with E-state index in [1.165, 1.54) is 18.2 Å². The highest BCUT2D eigenvalue weighted by atomic mass is 16.7. The molecule has 14 heteroatoms. The van der Waals surface area contributed by atoms with E-state index in [1.807, 2.05) is 57.2 Å². The lowest BCUT2D eigenvalue weighted by atomic mass is 9.55. The van der Waals surface area contributed by atoms with Gasteiger partial charge in [0.15, 0.2) is 0 Å². The number of nitro groups is 1. The number of amides is 2. The summed E-state index contributed by atoms with van der Waals surface area (Å²) in [6, 6.07) is 20.0. The number of nitrogens with one attached hydrogen (secondary N) is 1. The van der Waals surface area contributed by atoms with Gasteiger partial charge in [-0.1, -0.05) is 60.5 Å². The Kier molecular flexibility index (Phi) is 15.6. The van der Waals surface area contributed by atoms with Crippen LogP contribution in [0.1, 0.15) is 88.3 Å². The van der Waals surface area contributed by atoms with E-state index in [4.69, 9.17) is 24.2 Å². The molecule has 336 valence electrons. The van der Waals surface area contributed by atoms with Crippen LogP contribution in [0, 0.1) is 27.9 Å². The molecular weight excluding hydrogens is 805 g/mol. The Balaban J connectivity index is 1.49. The third-order valence-corrected chi connectivity index (χ3v) is 11.9. The highest BCUT2D eigenvalue weighted by molar-refractivity contribution is 6.03. The average molecular weight is 865 g/mol. The molecule has 1 aliphatic heterocycles. The van der Waals surface area contributed by atoms with Crippen molar-refractivity contribution in [3.05, 3.63) is 130 Å². The molecule has 0 saturated heterocycles. The van der Waals surface area contributed by atoms with Crippen LogP contribution in [-0.2, 0) is 20.9 Å². The van der Waals surface area contributed by atoms with Crippen LogP contribution in [0.4, 0.5) is 10.5 Å². The van der Waals surface area contributed by atoms with Gasteiger partial charge in [0.2, 0.25) is 11.7 Å². The van der Waals surface area contributed by atoms with Gasteiger partial charge in [0.1, 0.15) is 23.1 Å². The van der Waals surface area contributed by atoms with E-state index < -0.39 is 34.4 Å². The molecule has 3 aromatic rings. The third-order valence-electron chi connectivity index (χ3n) is 11.9. The number of hydrogen-bond donors (Lipinski definition) is 3. The number of carbonyl (C=O) groups excluding carboxylic acids is 2. The second-order valence-corrected chi connectivity index (χ2v) is 17.3. The monoisotopic (exact) mass is 864 g/mol. The standard InChI is InChI=1S/C49H60N4O10/c1-6-28-60-49-43(52(5)44(56)25-20-33-18-21-36(22-19-33)53(58)59)31-41(51-63-48(2,3)4)39-29-35(16-10-12-26-54)38(17-11-13-27-55)45(46(39)49)40-30-37(23-24-42(40)62-49)61-47(57)50-32-34-14-8-7-9-15-34/h6-9,14-15,18-25,29-30,35,38,43,45-46,54-55H,1,10-13,16-17,26-28,31-32H2,2-5H3,(H,50,57)/t35-,38+,43-,45+,46+,49+/m0/s1. The van der Waals surface area contributed by atoms with Gasteiger partial charge in [0.05, 0.1) is 23.2 Å². The molecule has 63 heavy (non-hydrogen) atoms. The number of rotatable bonds is 19. The van der Waals surface area contributed by atoms with E-state index in [9.17, 15) is 29.9 Å². The fourth-order valence-corrected chi connectivity index (χ4v) is 9.04. The van der Waals surface area contributed by atoms with Crippen molar-refractivity contribution in [2.24, 2.45) is 22.9 Å². The van der Waals surface area contributed by atoms with Crippen LogP contribution >= 0.6 is 0 Å². The van der Waals surface area contributed by atoms with Crippen molar-refractivity contribution >= 4 is 29.5 Å². The second-order valence-electron chi connectivity index (χ2n) is 17.3. The summed E-state index contributed by atoms with van der Waals surface area (Å²) in [5, 5.41) is 38.7. The van der Waals surface area contributed by atoms with Crippen molar-refractivity contribution in [3.63, 3.8) is 0 Å². The zero-order chi connectivity index (χ0) is 45.1. The number of aliphatic hydroxyl groups excluding tert-OH is 2. The first-order valence-electron chi connectivity index (χ1n) is 21.7. The Bertz CT molecular complexity index is 2170. The van der Waals surface area contributed by atoms with Crippen LogP contribution in [-0.4, -0.2) is 82.0 Å². The van der Waals surface area contributed by atoms with Gasteiger partial charge in [-0.05, 0) is 111 Å². The van der Waals surface area contributed by atoms with Crippen LogP contribution in [0.5, 0.6) is 11.5 Å². The van der Waals surface area contributed by atoms with Crippen molar-refractivity contribution in [3.8, 4) is 11.5 Å². The second kappa shape index (κ2) is 21.0. The normalized spacial score (nSPS) is 23.2. The molecule has 1 saturated carbocycles. The number of benzene rings is 3. The predicted octanol–water partition coefficient (Wildman–Crippen LogP) is 8.49. The Morgan fingerprint density at radius 3 is 2.41 bits per heavy atom. The number of unbranched alkanes of at least 4 members (excludes halogenated alkanes) is 2. The Morgan fingerprint density at radius 1 is 1.03 bits per heavy atom. The minimum absolute atomic E-state index is 0.00803. The van der Waals surface area contributed by atoms with E-state index in [0.717, 1.165) is 42.4 Å². The Morgan fingerprint density at radius 2 is 1.75 bits per heavy atom. The smallest absolute Gasteiger partial charge is 0.412 e. The van der Waals surface area contributed by atoms with Gasteiger partial charge in [-0.25, -0.2) is 4.79 Å². The first-order chi connectivity index (χ1) is 30.3. The van der Waals surface area contributed by atoms with Crippen LogP contribution in [0.3, 0.4) is 0 Å². The number of ether oxygens (including phenoxy) is 3.